The van der Waals surface area contributed by atoms with E-state index in [2.05, 4.69) is 5.32 Å². The lowest BCUT2D eigenvalue weighted by Crippen LogP contribution is -2.19. The molecule has 0 heterocycles. The molecule has 0 bridgehead atoms. The minimum absolute atomic E-state index is 0.0870. The summed E-state index contributed by atoms with van der Waals surface area (Å²) in [5.74, 6) is -0.0440. The Bertz CT molecular complexity index is 1080. The molecule has 0 saturated carbocycles. The molecule has 5 nitrogen and oxygen atoms in total. The summed E-state index contributed by atoms with van der Waals surface area (Å²) in [5, 5.41) is 2.49. The summed E-state index contributed by atoms with van der Waals surface area (Å²) in [4.78, 5) is 22.7. The lowest BCUT2D eigenvalue weighted by Gasteiger charge is -2.15. The second-order valence-electron chi connectivity index (χ2n) is 6.84. The normalized spacial score (nSPS) is 10.5. The maximum Gasteiger partial charge on any atom is 0.316 e. The topological polar surface area (TPSA) is 81.4 Å². The van der Waals surface area contributed by atoms with Crippen molar-refractivity contribution in [2.45, 2.75) is 20.3 Å². The van der Waals surface area contributed by atoms with Crippen LogP contribution in [0.5, 0.6) is 5.75 Å². The number of urea groups is 1. The fourth-order valence-electron chi connectivity index (χ4n) is 3.24. The molecular weight excluding hydrogens is 383 g/mol. The maximum atomic E-state index is 15.6. The first-order valence-corrected chi connectivity index (χ1v) is 9.60. The third kappa shape index (κ3) is 4.84. The van der Waals surface area contributed by atoms with E-state index in [-0.39, 0.29) is 11.6 Å². The largest absolute Gasteiger partial charge is 0.493 e. The molecule has 3 rings (SSSR count). The van der Waals surface area contributed by atoms with Gasteiger partial charge in [-0.1, -0.05) is 36.4 Å². The zero-order valence-corrected chi connectivity index (χ0v) is 16.9. The summed E-state index contributed by atoms with van der Waals surface area (Å²) in [6, 6.07) is 16.7. The van der Waals surface area contributed by atoms with Crippen molar-refractivity contribution in [1.29, 1.82) is 0 Å². The molecule has 3 aromatic rings. The molecule has 0 atom stereocenters. The van der Waals surface area contributed by atoms with E-state index in [1.54, 1.807) is 60.7 Å². The quantitative estimate of drug-likeness (QED) is 0.531. The zero-order chi connectivity index (χ0) is 21.7. The van der Waals surface area contributed by atoms with Gasteiger partial charge in [0.15, 0.2) is 5.78 Å². The van der Waals surface area contributed by atoms with Gasteiger partial charge in [-0.2, -0.15) is 0 Å². The molecule has 154 valence electrons. The van der Waals surface area contributed by atoms with Gasteiger partial charge in [-0.25, -0.2) is 9.18 Å². The van der Waals surface area contributed by atoms with Gasteiger partial charge in [0.2, 0.25) is 0 Å². The lowest BCUT2D eigenvalue weighted by atomic mass is 9.95. The number of amides is 2. The summed E-state index contributed by atoms with van der Waals surface area (Å²) in [6.07, 6.45) is 0.356. The van der Waals surface area contributed by atoms with Gasteiger partial charge in [-0.05, 0) is 54.8 Å². The Morgan fingerprint density at radius 2 is 1.80 bits per heavy atom. The number of hydrogen-bond donors (Lipinski definition) is 2. The standard InChI is InChI=1S/C24H23FN2O3/c1-3-30-21-12-9-19(13-16-7-10-20(11-8-16)27-24(26)29)23(25)22(21)18-6-4-5-17(14-18)15(2)28/h4-12,14H,3,13H2,1-2H3,(H3,26,27,29). The first kappa shape index (κ1) is 21.0. The Labute approximate surface area is 174 Å². The number of ether oxygens (including phenoxy) is 1. The number of Topliss-reactive ketones (excluding diaryl/α,β-unsaturated/α-hetero) is 1. The number of carbonyl (C=O) groups is 2. The third-order valence-electron chi connectivity index (χ3n) is 4.66. The Hall–Kier alpha value is -3.67. The molecule has 0 fully saturated rings. The number of ketones is 1. The monoisotopic (exact) mass is 406 g/mol. The van der Waals surface area contributed by atoms with Crippen molar-refractivity contribution in [1.82, 2.24) is 0 Å². The van der Waals surface area contributed by atoms with E-state index >= 15 is 4.39 Å². The number of nitrogens with two attached hydrogens (primary N) is 1. The zero-order valence-electron chi connectivity index (χ0n) is 16.9. The molecule has 2 amide bonds. The molecular formula is C24H23FN2O3. The number of carbonyl (C=O) groups excluding carboxylic acids is 2. The van der Waals surface area contributed by atoms with Gasteiger partial charge in [-0.15, -0.1) is 0 Å². The van der Waals surface area contributed by atoms with E-state index in [1.807, 2.05) is 6.92 Å². The first-order valence-electron chi connectivity index (χ1n) is 9.60. The number of halogens is 1. The van der Waals surface area contributed by atoms with Crippen LogP contribution in [0.1, 0.15) is 35.3 Å². The highest BCUT2D eigenvalue weighted by Gasteiger charge is 2.17. The fraction of sp³-hybridized carbons (Fsp3) is 0.167. The third-order valence-corrected chi connectivity index (χ3v) is 4.66. The van der Waals surface area contributed by atoms with Crippen LogP contribution in [-0.2, 0) is 6.42 Å². The predicted molar refractivity (Wildman–Crippen MR) is 115 cm³/mol. The molecule has 0 spiro atoms. The van der Waals surface area contributed by atoms with Crippen LogP contribution in [0.15, 0.2) is 60.7 Å². The number of anilines is 1. The van der Waals surface area contributed by atoms with E-state index in [9.17, 15) is 9.59 Å². The van der Waals surface area contributed by atoms with Crippen LogP contribution >= 0.6 is 0 Å². The minimum Gasteiger partial charge on any atom is -0.493 e. The Morgan fingerprint density at radius 3 is 2.43 bits per heavy atom. The summed E-state index contributed by atoms with van der Waals surface area (Å²) in [5.41, 5.74) is 8.49. The van der Waals surface area contributed by atoms with Gasteiger partial charge >= 0.3 is 6.03 Å². The average Bonchev–Trinajstić information content (AvgIpc) is 2.71. The summed E-state index contributed by atoms with van der Waals surface area (Å²) in [7, 11) is 0. The van der Waals surface area contributed by atoms with Gasteiger partial charge in [0.25, 0.3) is 0 Å². The van der Waals surface area contributed by atoms with Crippen LogP contribution in [0.25, 0.3) is 11.1 Å². The maximum absolute atomic E-state index is 15.6. The van der Waals surface area contributed by atoms with Crippen molar-refractivity contribution in [2.75, 3.05) is 11.9 Å². The minimum atomic E-state index is -0.641. The van der Waals surface area contributed by atoms with Crippen LogP contribution in [0.2, 0.25) is 0 Å². The van der Waals surface area contributed by atoms with Crippen LogP contribution in [0.3, 0.4) is 0 Å². The molecule has 3 aromatic carbocycles. The van der Waals surface area contributed by atoms with Crippen LogP contribution in [0.4, 0.5) is 14.9 Å². The fourth-order valence-corrected chi connectivity index (χ4v) is 3.24. The summed E-state index contributed by atoms with van der Waals surface area (Å²) < 4.78 is 21.2. The lowest BCUT2D eigenvalue weighted by molar-refractivity contribution is 0.101. The van der Waals surface area contributed by atoms with Gasteiger partial charge in [0.05, 0.1) is 12.2 Å². The van der Waals surface area contributed by atoms with E-state index in [4.69, 9.17) is 10.5 Å². The Kier molecular flexibility index (Phi) is 6.47. The van der Waals surface area contributed by atoms with Crippen molar-refractivity contribution in [3.05, 3.63) is 83.2 Å². The number of primary amides is 1. The smallest absolute Gasteiger partial charge is 0.316 e. The van der Waals surface area contributed by atoms with Crippen molar-refractivity contribution >= 4 is 17.5 Å². The number of benzene rings is 3. The molecule has 0 radical (unpaired) electrons. The molecule has 6 heteroatoms. The molecule has 0 aliphatic rings. The van der Waals surface area contributed by atoms with E-state index < -0.39 is 6.03 Å². The van der Waals surface area contributed by atoms with Crippen molar-refractivity contribution in [3.8, 4) is 16.9 Å². The summed E-state index contributed by atoms with van der Waals surface area (Å²) >= 11 is 0. The van der Waals surface area contributed by atoms with Crippen molar-refractivity contribution < 1.29 is 18.7 Å². The average molecular weight is 406 g/mol. The Morgan fingerprint density at radius 1 is 1.07 bits per heavy atom. The van der Waals surface area contributed by atoms with Gasteiger partial charge in [0, 0.05) is 17.7 Å². The second kappa shape index (κ2) is 9.22. The van der Waals surface area contributed by atoms with Crippen LogP contribution in [0, 0.1) is 5.82 Å². The molecule has 0 aliphatic heterocycles. The van der Waals surface area contributed by atoms with Crippen LogP contribution in [-0.4, -0.2) is 18.4 Å². The Balaban J connectivity index is 1.99. The van der Waals surface area contributed by atoms with E-state index in [0.29, 0.717) is 46.7 Å². The number of hydrogen-bond acceptors (Lipinski definition) is 3. The van der Waals surface area contributed by atoms with Crippen LogP contribution < -0.4 is 15.8 Å². The molecule has 0 aromatic heterocycles. The van der Waals surface area contributed by atoms with Crippen molar-refractivity contribution in [2.24, 2.45) is 5.73 Å². The van der Waals surface area contributed by atoms with E-state index in [0.717, 1.165) is 5.56 Å². The van der Waals surface area contributed by atoms with Crippen molar-refractivity contribution in [3.63, 3.8) is 0 Å². The number of nitrogens with one attached hydrogen (secondary N) is 1. The molecule has 0 saturated heterocycles. The highest BCUT2D eigenvalue weighted by molar-refractivity contribution is 5.95. The highest BCUT2D eigenvalue weighted by atomic mass is 19.1. The molecule has 0 unspecified atom stereocenters. The van der Waals surface area contributed by atoms with Gasteiger partial charge < -0.3 is 15.8 Å². The SMILES string of the molecule is CCOc1ccc(Cc2ccc(NC(N)=O)cc2)c(F)c1-c1cccc(C(C)=O)c1. The van der Waals surface area contributed by atoms with Gasteiger partial charge in [-0.3, -0.25) is 4.79 Å². The predicted octanol–water partition coefficient (Wildman–Crippen LogP) is 5.18. The molecule has 0 aliphatic carbocycles. The first-order chi connectivity index (χ1) is 14.4. The number of rotatable bonds is 7. The molecule has 3 N–H and O–H groups in total. The summed E-state index contributed by atoms with van der Waals surface area (Å²) in [6.45, 7) is 3.71. The van der Waals surface area contributed by atoms with E-state index in [1.165, 1.54) is 6.92 Å². The highest BCUT2D eigenvalue weighted by Crippen LogP contribution is 2.36. The molecule has 30 heavy (non-hydrogen) atoms. The second-order valence-corrected chi connectivity index (χ2v) is 6.84. The van der Waals surface area contributed by atoms with Gasteiger partial charge in [0.1, 0.15) is 11.6 Å².